The Balaban J connectivity index is 2.21. The van der Waals surface area contributed by atoms with Gasteiger partial charge >= 0.3 is 0 Å². The topological polar surface area (TPSA) is 48.4 Å². The number of hydrogen-bond donors (Lipinski definition) is 1. The van der Waals surface area contributed by atoms with Crippen molar-refractivity contribution < 1.29 is 17.9 Å². The summed E-state index contributed by atoms with van der Waals surface area (Å²) in [4.78, 5) is 0. The Kier molecular flexibility index (Phi) is 4.71. The van der Waals surface area contributed by atoms with E-state index in [1.807, 2.05) is 13.0 Å². The summed E-state index contributed by atoms with van der Waals surface area (Å²) in [5.41, 5.74) is 5.76. The van der Waals surface area contributed by atoms with E-state index in [-0.39, 0.29) is 12.6 Å². The average Bonchev–Trinajstić information content (AvgIpc) is 2.59. The summed E-state index contributed by atoms with van der Waals surface area (Å²) in [6.07, 6.45) is -1.95. The van der Waals surface area contributed by atoms with Gasteiger partial charge in [0.25, 0.3) is 6.43 Å². The van der Waals surface area contributed by atoms with Gasteiger partial charge in [0.2, 0.25) is 0 Å². The van der Waals surface area contributed by atoms with Crippen molar-refractivity contribution in [2.75, 3.05) is 13.2 Å². The standard InChI is InChI=1S/C10H15F2NO2/c1-7-2-3-9(15-7)8(13)4-5-14-6-10(11)12/h2-3,8,10H,4-6,13H2,1H3. The molecule has 0 aromatic carbocycles. The molecule has 2 N–H and O–H groups in total. The van der Waals surface area contributed by atoms with Gasteiger partial charge in [-0.25, -0.2) is 8.78 Å². The van der Waals surface area contributed by atoms with Crippen LogP contribution in [0.25, 0.3) is 0 Å². The Morgan fingerprint density at radius 1 is 1.47 bits per heavy atom. The summed E-state index contributed by atoms with van der Waals surface area (Å²) in [5, 5.41) is 0. The van der Waals surface area contributed by atoms with Crippen LogP contribution in [-0.4, -0.2) is 19.6 Å². The van der Waals surface area contributed by atoms with Crippen molar-refractivity contribution in [2.45, 2.75) is 25.8 Å². The minimum Gasteiger partial charge on any atom is -0.465 e. The summed E-state index contributed by atoms with van der Waals surface area (Å²) in [6, 6.07) is 3.30. The van der Waals surface area contributed by atoms with E-state index in [0.717, 1.165) is 5.76 Å². The van der Waals surface area contributed by atoms with Crippen LogP contribution in [0.1, 0.15) is 24.0 Å². The maximum absolute atomic E-state index is 11.7. The van der Waals surface area contributed by atoms with Gasteiger partial charge < -0.3 is 14.9 Å². The highest BCUT2D eigenvalue weighted by molar-refractivity contribution is 5.08. The molecule has 0 spiro atoms. The lowest BCUT2D eigenvalue weighted by atomic mass is 10.2. The van der Waals surface area contributed by atoms with Crippen molar-refractivity contribution in [2.24, 2.45) is 5.73 Å². The molecule has 0 amide bonds. The van der Waals surface area contributed by atoms with E-state index in [1.165, 1.54) is 0 Å². The van der Waals surface area contributed by atoms with Crippen LogP contribution in [0.3, 0.4) is 0 Å². The molecule has 1 atom stereocenters. The summed E-state index contributed by atoms with van der Waals surface area (Å²) in [5.74, 6) is 1.45. The molecule has 0 aliphatic carbocycles. The van der Waals surface area contributed by atoms with Crippen LogP contribution >= 0.6 is 0 Å². The van der Waals surface area contributed by atoms with E-state index in [4.69, 9.17) is 14.9 Å². The quantitative estimate of drug-likeness (QED) is 0.746. The molecule has 0 radical (unpaired) electrons. The molecule has 1 aromatic heterocycles. The Bertz CT molecular complexity index is 289. The first-order valence-corrected chi connectivity index (χ1v) is 4.77. The number of furan rings is 1. The number of nitrogens with two attached hydrogens (primary N) is 1. The second-order valence-corrected chi connectivity index (χ2v) is 3.31. The van der Waals surface area contributed by atoms with E-state index in [1.54, 1.807) is 6.07 Å². The second kappa shape index (κ2) is 5.82. The third-order valence-electron chi connectivity index (χ3n) is 1.94. The molecular weight excluding hydrogens is 204 g/mol. The van der Waals surface area contributed by atoms with Gasteiger partial charge in [-0.05, 0) is 25.5 Å². The summed E-state index contributed by atoms with van der Waals surface area (Å²) in [7, 11) is 0. The number of halogens is 2. The van der Waals surface area contributed by atoms with Crippen molar-refractivity contribution in [3.63, 3.8) is 0 Å². The van der Waals surface area contributed by atoms with Gasteiger partial charge in [0, 0.05) is 6.61 Å². The Hall–Kier alpha value is -0.940. The maximum Gasteiger partial charge on any atom is 0.261 e. The lowest BCUT2D eigenvalue weighted by molar-refractivity contribution is 0.0148. The highest BCUT2D eigenvalue weighted by Crippen LogP contribution is 2.16. The first-order chi connectivity index (χ1) is 7.09. The van der Waals surface area contributed by atoms with Crippen molar-refractivity contribution in [1.82, 2.24) is 0 Å². The molecule has 1 rings (SSSR count). The van der Waals surface area contributed by atoms with E-state index < -0.39 is 13.0 Å². The van der Waals surface area contributed by atoms with Crippen molar-refractivity contribution in [3.05, 3.63) is 23.7 Å². The molecule has 1 heterocycles. The van der Waals surface area contributed by atoms with Gasteiger partial charge in [0.1, 0.15) is 18.1 Å². The van der Waals surface area contributed by atoms with Crippen LogP contribution in [0.4, 0.5) is 8.78 Å². The summed E-state index contributed by atoms with van der Waals surface area (Å²) in [6.45, 7) is 1.50. The molecule has 0 saturated carbocycles. The minimum atomic E-state index is -2.42. The van der Waals surface area contributed by atoms with Crippen LogP contribution in [0.15, 0.2) is 16.5 Å². The molecule has 0 aliphatic rings. The smallest absolute Gasteiger partial charge is 0.261 e. The Morgan fingerprint density at radius 2 is 2.20 bits per heavy atom. The average molecular weight is 219 g/mol. The zero-order valence-electron chi connectivity index (χ0n) is 8.58. The summed E-state index contributed by atoms with van der Waals surface area (Å²) < 4.78 is 33.4. The van der Waals surface area contributed by atoms with Crippen LogP contribution in [0, 0.1) is 6.92 Å². The van der Waals surface area contributed by atoms with Gasteiger partial charge in [-0.1, -0.05) is 0 Å². The monoisotopic (exact) mass is 219 g/mol. The van der Waals surface area contributed by atoms with Gasteiger partial charge in [-0.2, -0.15) is 0 Å². The molecule has 1 unspecified atom stereocenters. The molecule has 0 bridgehead atoms. The Labute approximate surface area is 87.2 Å². The lowest BCUT2D eigenvalue weighted by Gasteiger charge is -2.08. The highest BCUT2D eigenvalue weighted by atomic mass is 19.3. The molecule has 86 valence electrons. The fraction of sp³-hybridized carbons (Fsp3) is 0.600. The molecule has 0 aliphatic heterocycles. The van der Waals surface area contributed by atoms with Crippen LogP contribution < -0.4 is 5.73 Å². The number of alkyl halides is 2. The molecule has 1 aromatic rings. The highest BCUT2D eigenvalue weighted by Gasteiger charge is 2.10. The molecule has 15 heavy (non-hydrogen) atoms. The minimum absolute atomic E-state index is 0.214. The van der Waals surface area contributed by atoms with Gasteiger partial charge in [0.05, 0.1) is 6.04 Å². The Morgan fingerprint density at radius 3 is 2.73 bits per heavy atom. The molecule has 0 saturated heterocycles. The van der Waals surface area contributed by atoms with E-state index >= 15 is 0 Å². The van der Waals surface area contributed by atoms with E-state index in [9.17, 15) is 8.78 Å². The fourth-order valence-electron chi connectivity index (χ4n) is 1.18. The first kappa shape index (κ1) is 12.1. The molecular formula is C10H15F2NO2. The maximum atomic E-state index is 11.7. The van der Waals surface area contributed by atoms with Crippen LogP contribution in [-0.2, 0) is 4.74 Å². The van der Waals surface area contributed by atoms with Crippen molar-refractivity contribution in [1.29, 1.82) is 0 Å². The first-order valence-electron chi connectivity index (χ1n) is 4.77. The van der Waals surface area contributed by atoms with Crippen molar-refractivity contribution >= 4 is 0 Å². The molecule has 5 heteroatoms. The number of hydrogen-bond acceptors (Lipinski definition) is 3. The summed E-state index contributed by atoms with van der Waals surface area (Å²) >= 11 is 0. The van der Waals surface area contributed by atoms with Crippen molar-refractivity contribution in [3.8, 4) is 0 Å². The van der Waals surface area contributed by atoms with Gasteiger partial charge in [-0.15, -0.1) is 0 Å². The predicted octanol–water partition coefficient (Wildman–Crippen LogP) is 2.26. The van der Waals surface area contributed by atoms with Gasteiger partial charge in [-0.3, -0.25) is 0 Å². The molecule has 3 nitrogen and oxygen atoms in total. The van der Waals surface area contributed by atoms with Gasteiger partial charge in [0.15, 0.2) is 0 Å². The third kappa shape index (κ3) is 4.40. The van der Waals surface area contributed by atoms with E-state index in [2.05, 4.69) is 0 Å². The number of aryl methyl sites for hydroxylation is 1. The second-order valence-electron chi connectivity index (χ2n) is 3.31. The number of rotatable bonds is 6. The lowest BCUT2D eigenvalue weighted by Crippen LogP contribution is -2.14. The predicted molar refractivity (Wildman–Crippen MR) is 51.8 cm³/mol. The van der Waals surface area contributed by atoms with Crippen LogP contribution in [0.5, 0.6) is 0 Å². The molecule has 0 fully saturated rings. The normalized spacial score (nSPS) is 13.4. The SMILES string of the molecule is Cc1ccc(C(N)CCOCC(F)F)o1. The number of ether oxygens (including phenoxy) is 1. The van der Waals surface area contributed by atoms with Crippen LogP contribution in [0.2, 0.25) is 0 Å². The fourth-order valence-corrected chi connectivity index (χ4v) is 1.18. The third-order valence-corrected chi connectivity index (χ3v) is 1.94. The largest absolute Gasteiger partial charge is 0.465 e. The zero-order chi connectivity index (χ0) is 11.3. The van der Waals surface area contributed by atoms with E-state index in [0.29, 0.717) is 12.2 Å². The zero-order valence-corrected chi connectivity index (χ0v) is 8.58.